The van der Waals surface area contributed by atoms with Crippen molar-refractivity contribution in [3.05, 3.63) is 0 Å². The van der Waals surface area contributed by atoms with Gasteiger partial charge in [-0.3, -0.25) is 9.59 Å². The van der Waals surface area contributed by atoms with Crippen molar-refractivity contribution in [2.45, 2.75) is 24.2 Å². The van der Waals surface area contributed by atoms with Crippen molar-refractivity contribution in [3.8, 4) is 0 Å². The summed E-state index contributed by atoms with van der Waals surface area (Å²) in [6, 6.07) is -0.462. The summed E-state index contributed by atoms with van der Waals surface area (Å²) < 4.78 is 3.65. The highest BCUT2D eigenvalue weighted by Crippen LogP contribution is 2.14. The van der Waals surface area contributed by atoms with Gasteiger partial charge in [0, 0.05) is 6.54 Å². The molecule has 14 heavy (non-hydrogen) atoms. The molecule has 0 heterocycles. The van der Waals surface area contributed by atoms with Crippen LogP contribution in [0.3, 0.4) is 0 Å². The van der Waals surface area contributed by atoms with Gasteiger partial charge in [-0.25, -0.2) is 0 Å². The number of alkyl halides is 1. The molecule has 3 N–H and O–H groups in total. The van der Waals surface area contributed by atoms with Gasteiger partial charge in [-0.2, -0.15) is 0 Å². The van der Waals surface area contributed by atoms with Gasteiger partial charge in [-0.05, 0) is 13.8 Å². The molecule has 0 spiro atoms. The molecular weight excluding hydrogens is 252 g/mol. The normalized spacial score (nSPS) is 16.9. The van der Waals surface area contributed by atoms with Gasteiger partial charge in [-0.1, -0.05) is 15.9 Å². The maximum Gasteiger partial charge on any atom is 0.322 e. The van der Waals surface area contributed by atoms with Gasteiger partial charge in [0.15, 0.2) is 0 Å². The molecule has 0 bridgehead atoms. The quantitative estimate of drug-likeness (QED) is 0.533. The highest BCUT2D eigenvalue weighted by molar-refractivity contribution is 9.10. The average molecular weight is 267 g/mol. The lowest BCUT2D eigenvalue weighted by molar-refractivity contribution is -0.142. The van der Waals surface area contributed by atoms with Crippen LogP contribution < -0.4 is 11.1 Å². The van der Waals surface area contributed by atoms with E-state index in [-0.39, 0.29) is 12.5 Å². The van der Waals surface area contributed by atoms with Crippen molar-refractivity contribution in [1.82, 2.24) is 5.32 Å². The summed E-state index contributed by atoms with van der Waals surface area (Å²) in [6.45, 7) is 3.54. The molecule has 1 unspecified atom stereocenters. The third kappa shape index (κ3) is 4.06. The first-order valence-corrected chi connectivity index (χ1v) is 4.90. The van der Waals surface area contributed by atoms with E-state index in [1.165, 1.54) is 7.11 Å². The van der Waals surface area contributed by atoms with Gasteiger partial charge in [-0.15, -0.1) is 0 Å². The minimum Gasteiger partial charge on any atom is -0.468 e. The fourth-order valence-corrected chi connectivity index (χ4v) is 0.854. The fourth-order valence-electron chi connectivity index (χ4n) is 0.692. The predicted molar refractivity (Wildman–Crippen MR) is 56.0 cm³/mol. The van der Waals surface area contributed by atoms with Crippen molar-refractivity contribution in [2.24, 2.45) is 5.73 Å². The van der Waals surface area contributed by atoms with Gasteiger partial charge >= 0.3 is 5.97 Å². The number of ether oxygens (including phenoxy) is 1. The molecule has 0 aliphatic carbocycles. The van der Waals surface area contributed by atoms with Crippen molar-refractivity contribution >= 4 is 27.8 Å². The Labute approximate surface area is 91.5 Å². The Morgan fingerprint density at radius 1 is 1.64 bits per heavy atom. The van der Waals surface area contributed by atoms with Crippen molar-refractivity contribution < 1.29 is 14.3 Å². The molecule has 82 valence electrons. The molecule has 0 saturated heterocycles. The van der Waals surface area contributed by atoms with Gasteiger partial charge < -0.3 is 15.8 Å². The SMILES string of the molecule is COC(=O)[C@H](C)NCC(C)(Br)C(N)=O. The standard InChI is InChI=1S/C8H15BrN2O3/c1-5(6(12)14-3)11-4-8(2,9)7(10)13/h5,11H,4H2,1-3H3,(H2,10,13)/t5-,8?/m0/s1. The van der Waals surface area contributed by atoms with Crippen LogP contribution in [0, 0.1) is 0 Å². The Kier molecular flexibility index (Phi) is 5.07. The van der Waals surface area contributed by atoms with Gasteiger partial charge in [0.05, 0.1) is 7.11 Å². The molecule has 0 rings (SSSR count). The average Bonchev–Trinajstić information content (AvgIpc) is 2.12. The molecule has 0 aromatic carbocycles. The molecule has 5 nitrogen and oxygen atoms in total. The second-order valence-corrected chi connectivity index (χ2v) is 4.94. The number of rotatable bonds is 5. The molecule has 0 saturated carbocycles. The highest BCUT2D eigenvalue weighted by Gasteiger charge is 2.28. The minimum atomic E-state index is -0.852. The first-order valence-electron chi connectivity index (χ1n) is 4.11. The number of methoxy groups -OCH3 is 1. The number of halogens is 1. The maximum absolute atomic E-state index is 11.0. The minimum absolute atomic E-state index is 0.263. The molecule has 0 radical (unpaired) electrons. The van der Waals surface area contributed by atoms with Gasteiger partial charge in [0.1, 0.15) is 10.4 Å². The van der Waals surface area contributed by atoms with E-state index in [0.717, 1.165) is 0 Å². The lowest BCUT2D eigenvalue weighted by Gasteiger charge is -2.21. The first kappa shape index (κ1) is 13.4. The number of hydrogen-bond donors (Lipinski definition) is 2. The van der Waals surface area contributed by atoms with Crippen LogP contribution >= 0.6 is 15.9 Å². The number of carbonyl (C=O) groups excluding carboxylic acids is 2. The summed E-state index contributed by atoms with van der Waals surface area (Å²) >= 11 is 3.16. The number of nitrogens with one attached hydrogen (secondary N) is 1. The molecule has 6 heteroatoms. The van der Waals surface area contributed by atoms with E-state index in [1.54, 1.807) is 13.8 Å². The summed E-state index contributed by atoms with van der Waals surface area (Å²) in [4.78, 5) is 21.9. The zero-order valence-corrected chi connectivity index (χ0v) is 10.1. The summed E-state index contributed by atoms with van der Waals surface area (Å²) in [5.74, 6) is -0.861. The van der Waals surface area contributed by atoms with Gasteiger partial charge in [0.2, 0.25) is 5.91 Å². The highest BCUT2D eigenvalue weighted by atomic mass is 79.9. The smallest absolute Gasteiger partial charge is 0.322 e. The Balaban J connectivity index is 4.06. The molecule has 0 fully saturated rings. The van der Waals surface area contributed by atoms with Crippen LogP contribution in [-0.2, 0) is 14.3 Å². The largest absolute Gasteiger partial charge is 0.468 e. The zero-order valence-electron chi connectivity index (χ0n) is 8.46. The number of carbonyl (C=O) groups is 2. The van der Waals surface area contributed by atoms with Crippen LogP contribution in [-0.4, -0.2) is 35.9 Å². The molecule has 0 aromatic heterocycles. The second kappa shape index (κ2) is 5.31. The van der Waals surface area contributed by atoms with Crippen molar-refractivity contribution in [2.75, 3.05) is 13.7 Å². The third-order valence-corrected chi connectivity index (χ3v) is 2.48. The fraction of sp³-hybridized carbons (Fsp3) is 0.750. The van der Waals surface area contributed by atoms with E-state index in [9.17, 15) is 9.59 Å². The van der Waals surface area contributed by atoms with E-state index >= 15 is 0 Å². The Hall–Kier alpha value is -0.620. The number of amides is 1. The molecule has 0 aromatic rings. The van der Waals surface area contributed by atoms with E-state index in [2.05, 4.69) is 26.0 Å². The lowest BCUT2D eigenvalue weighted by atomic mass is 10.1. The molecule has 0 aliphatic rings. The number of primary amides is 1. The van der Waals surface area contributed by atoms with Crippen molar-refractivity contribution in [3.63, 3.8) is 0 Å². The van der Waals surface area contributed by atoms with Gasteiger partial charge in [0.25, 0.3) is 0 Å². The lowest BCUT2D eigenvalue weighted by Crippen LogP contribution is -2.48. The number of nitrogens with two attached hydrogens (primary N) is 1. The molecule has 0 aliphatic heterocycles. The van der Waals surface area contributed by atoms with Crippen LogP contribution in [0.5, 0.6) is 0 Å². The van der Waals surface area contributed by atoms with Crippen LogP contribution in [0.1, 0.15) is 13.8 Å². The Morgan fingerprint density at radius 2 is 2.14 bits per heavy atom. The second-order valence-electron chi connectivity index (χ2n) is 3.19. The summed E-state index contributed by atoms with van der Waals surface area (Å²) in [6.07, 6.45) is 0. The van der Waals surface area contributed by atoms with Crippen LogP contribution in [0.25, 0.3) is 0 Å². The summed E-state index contributed by atoms with van der Waals surface area (Å²) in [5.41, 5.74) is 5.12. The van der Waals surface area contributed by atoms with Crippen LogP contribution in [0.2, 0.25) is 0 Å². The monoisotopic (exact) mass is 266 g/mol. The summed E-state index contributed by atoms with van der Waals surface area (Å²) in [7, 11) is 1.31. The predicted octanol–water partition coefficient (Wildman–Crippen LogP) is -0.224. The molecule has 1 amide bonds. The Morgan fingerprint density at radius 3 is 2.50 bits per heavy atom. The van der Waals surface area contributed by atoms with Crippen LogP contribution in [0.15, 0.2) is 0 Å². The topological polar surface area (TPSA) is 81.4 Å². The zero-order chi connectivity index (χ0) is 11.4. The molecular formula is C8H15BrN2O3. The van der Waals surface area contributed by atoms with E-state index in [4.69, 9.17) is 5.73 Å². The van der Waals surface area contributed by atoms with Crippen molar-refractivity contribution in [1.29, 1.82) is 0 Å². The Bertz CT molecular complexity index is 231. The summed E-state index contributed by atoms with van der Waals surface area (Å²) in [5, 5.41) is 2.83. The molecule has 2 atom stereocenters. The number of hydrogen-bond acceptors (Lipinski definition) is 4. The van der Waals surface area contributed by atoms with E-state index in [0.29, 0.717) is 0 Å². The third-order valence-electron chi connectivity index (χ3n) is 1.81. The maximum atomic E-state index is 11.0. The number of esters is 1. The first-order chi connectivity index (χ1) is 6.31. The van der Waals surface area contributed by atoms with Crippen LogP contribution in [0.4, 0.5) is 0 Å². The van der Waals surface area contributed by atoms with E-state index < -0.39 is 16.3 Å². The van der Waals surface area contributed by atoms with E-state index in [1.807, 2.05) is 0 Å².